The molecule has 1 fully saturated rings. The summed E-state index contributed by atoms with van der Waals surface area (Å²) in [6, 6.07) is -3.48. The molecule has 434 valence electrons. The fraction of sp³-hybridized carbons (Fsp3) is 0.520. The quantitative estimate of drug-likeness (QED) is 0.0325. The zero-order valence-corrected chi connectivity index (χ0v) is 43.8. The molecule has 20 N–H and O–H groups in total. The predicted octanol–water partition coefficient (Wildman–Crippen LogP) is -5.49. The SMILES string of the molecule is CC(C)C[C@H](NC(=O)[C@@H]1CCCN1C(=O)[C@H](Cc1ccc(O)cc1)NC(=O)[C@H](CC(N)=O)NC(=O)[C@H](CO)NC(=O)[C@H](Cc1ccc(O)cc1)NC(=O)[C@H](CCC(N)=O)NC(=O)[C@@H](N)CCC(N)=O)C(=O)N[C@H](C(=O)O)[C@@H](C)O. The number of benzene rings is 2. The number of nitrogens with zero attached hydrogens (tertiary/aromatic N) is 1. The Hall–Kier alpha value is -8.44. The molecule has 2 aromatic carbocycles. The number of carboxylic acid groups (broad SMARTS) is 1. The van der Waals surface area contributed by atoms with Gasteiger partial charge in [-0.25, -0.2) is 4.79 Å². The van der Waals surface area contributed by atoms with Gasteiger partial charge in [0.05, 0.1) is 25.2 Å². The van der Waals surface area contributed by atoms with E-state index in [1.165, 1.54) is 48.5 Å². The van der Waals surface area contributed by atoms with Gasteiger partial charge in [0.15, 0.2) is 6.04 Å². The van der Waals surface area contributed by atoms with E-state index in [0.29, 0.717) is 11.1 Å². The normalized spacial score (nSPS) is 16.4. The Morgan fingerprint density at radius 3 is 1.54 bits per heavy atom. The van der Waals surface area contributed by atoms with Gasteiger partial charge in [0, 0.05) is 32.2 Å². The van der Waals surface area contributed by atoms with E-state index in [2.05, 4.69) is 37.2 Å². The van der Waals surface area contributed by atoms with Crippen LogP contribution in [0.25, 0.3) is 0 Å². The van der Waals surface area contributed by atoms with Crippen LogP contribution in [0.4, 0.5) is 0 Å². The van der Waals surface area contributed by atoms with E-state index in [0.717, 1.165) is 11.8 Å². The van der Waals surface area contributed by atoms with Crippen molar-refractivity contribution in [3.63, 3.8) is 0 Å². The fourth-order valence-electron chi connectivity index (χ4n) is 8.22. The number of rotatable bonds is 32. The van der Waals surface area contributed by atoms with Gasteiger partial charge in [-0.3, -0.25) is 52.7 Å². The van der Waals surface area contributed by atoms with Gasteiger partial charge in [-0.05, 0) is 80.3 Å². The number of phenolic OH excluding ortho intramolecular Hbond substituents is 2. The van der Waals surface area contributed by atoms with Crippen molar-refractivity contribution in [1.29, 1.82) is 0 Å². The number of carboxylic acids is 1. The highest BCUT2D eigenvalue weighted by atomic mass is 16.4. The summed E-state index contributed by atoms with van der Waals surface area (Å²) >= 11 is 0. The van der Waals surface area contributed by atoms with Gasteiger partial charge in [0.25, 0.3) is 0 Å². The van der Waals surface area contributed by atoms with Gasteiger partial charge in [-0.1, -0.05) is 38.1 Å². The largest absolute Gasteiger partial charge is 0.508 e. The molecule has 11 amide bonds. The van der Waals surface area contributed by atoms with Crippen molar-refractivity contribution in [3.8, 4) is 11.5 Å². The van der Waals surface area contributed by atoms with E-state index < -0.39 is 157 Å². The van der Waals surface area contributed by atoms with E-state index in [1.54, 1.807) is 13.8 Å². The number of carbonyl (C=O) groups is 12. The van der Waals surface area contributed by atoms with Gasteiger partial charge in [0.1, 0.15) is 53.8 Å². The number of carbonyl (C=O) groups excluding carboxylic acids is 11. The minimum atomic E-state index is -1.94. The third-order valence-corrected chi connectivity index (χ3v) is 12.4. The number of nitrogens with one attached hydrogen (secondary N) is 7. The summed E-state index contributed by atoms with van der Waals surface area (Å²) in [6.07, 6.45) is -4.05. The minimum absolute atomic E-state index is 0.0221. The number of amides is 11. The number of primary amides is 3. The lowest BCUT2D eigenvalue weighted by molar-refractivity contribution is -0.146. The Morgan fingerprint density at radius 2 is 1.04 bits per heavy atom. The second-order valence-corrected chi connectivity index (χ2v) is 19.5. The van der Waals surface area contributed by atoms with E-state index in [9.17, 15) is 83.1 Å². The smallest absolute Gasteiger partial charge is 0.328 e. The number of aliphatic hydroxyl groups excluding tert-OH is 2. The molecule has 0 radical (unpaired) electrons. The van der Waals surface area contributed by atoms with Gasteiger partial charge >= 0.3 is 5.97 Å². The maximum absolute atomic E-state index is 14.6. The molecule has 10 atom stereocenters. The Bertz CT molecular complexity index is 2510. The van der Waals surface area contributed by atoms with Crippen molar-refractivity contribution in [3.05, 3.63) is 59.7 Å². The Labute approximate surface area is 453 Å². The molecular formula is C50H72N12O17. The highest BCUT2D eigenvalue weighted by molar-refractivity contribution is 5.99. The van der Waals surface area contributed by atoms with Gasteiger partial charge < -0.3 is 90.6 Å². The van der Waals surface area contributed by atoms with Crippen LogP contribution in [0.1, 0.15) is 83.3 Å². The molecule has 79 heavy (non-hydrogen) atoms. The molecule has 1 aliphatic rings. The average molecular weight is 1110 g/mol. The van der Waals surface area contributed by atoms with Crippen molar-refractivity contribution < 1.29 is 83.1 Å². The first-order valence-corrected chi connectivity index (χ1v) is 25.2. The van der Waals surface area contributed by atoms with Crippen LogP contribution in [0.3, 0.4) is 0 Å². The third-order valence-electron chi connectivity index (χ3n) is 12.4. The number of hydrogen-bond acceptors (Lipinski definition) is 17. The Kier molecular flexibility index (Phi) is 25.5. The van der Waals surface area contributed by atoms with E-state index in [4.69, 9.17) is 22.9 Å². The first kappa shape index (κ1) is 64.8. The summed E-state index contributed by atoms with van der Waals surface area (Å²) in [4.78, 5) is 159. The first-order chi connectivity index (χ1) is 37.1. The average Bonchev–Trinajstić information content (AvgIpc) is 3.90. The second-order valence-electron chi connectivity index (χ2n) is 19.5. The summed E-state index contributed by atoms with van der Waals surface area (Å²) in [7, 11) is 0. The molecule has 0 unspecified atom stereocenters. The molecule has 0 aliphatic carbocycles. The van der Waals surface area contributed by atoms with Gasteiger partial charge in [-0.2, -0.15) is 0 Å². The van der Waals surface area contributed by atoms with Crippen LogP contribution >= 0.6 is 0 Å². The van der Waals surface area contributed by atoms with Gasteiger partial charge in [0.2, 0.25) is 65.0 Å². The van der Waals surface area contributed by atoms with Crippen molar-refractivity contribution >= 4 is 70.9 Å². The van der Waals surface area contributed by atoms with Crippen molar-refractivity contribution in [2.75, 3.05) is 13.2 Å². The number of aromatic hydroxyl groups is 2. The van der Waals surface area contributed by atoms with E-state index in [-0.39, 0.29) is 68.9 Å². The van der Waals surface area contributed by atoms with Crippen molar-refractivity contribution in [1.82, 2.24) is 42.1 Å². The molecule has 2 aromatic rings. The number of phenols is 2. The van der Waals surface area contributed by atoms with Crippen LogP contribution in [0.15, 0.2) is 48.5 Å². The van der Waals surface area contributed by atoms with Crippen molar-refractivity contribution in [2.24, 2.45) is 28.9 Å². The van der Waals surface area contributed by atoms with E-state index >= 15 is 0 Å². The second kappa shape index (κ2) is 31.1. The summed E-state index contributed by atoms with van der Waals surface area (Å²) in [5, 5.41) is 66.3. The van der Waals surface area contributed by atoms with Crippen molar-refractivity contribution in [2.45, 2.75) is 145 Å². The van der Waals surface area contributed by atoms with Crippen LogP contribution < -0.4 is 60.2 Å². The molecular weight excluding hydrogens is 1040 g/mol. The van der Waals surface area contributed by atoms with Crippen LogP contribution in [0.2, 0.25) is 0 Å². The molecule has 1 aliphatic heterocycles. The molecule has 0 spiro atoms. The number of likely N-dealkylation sites (tertiary alicyclic amines) is 1. The predicted molar refractivity (Wildman–Crippen MR) is 276 cm³/mol. The summed E-state index contributed by atoms with van der Waals surface area (Å²) in [6.45, 7) is 3.43. The monoisotopic (exact) mass is 1110 g/mol. The zero-order chi connectivity index (χ0) is 59.3. The standard InChI is InChI=1S/C50H72N12O17/c1-24(2)19-32(46(74)61-41(25(3)64)50(78)79)58-48(76)37-5-4-18-62(37)49(77)35(21-27-8-12-29(66)13-9-27)59-45(73)34(22-40(54)69)57-47(75)36(23-63)60-44(72)33(20-26-6-10-28(65)11-7-26)56-43(71)31(15-17-39(53)68)55-42(70)30(51)14-16-38(52)67/h6-13,24-25,30-37,41,63-66H,4-5,14-23,51H2,1-3H3,(H2,52,67)(H2,53,68)(H2,54,69)(H,55,70)(H,56,71)(H,57,75)(H,58,76)(H,59,73)(H,60,72)(H,61,74)(H,78,79)/t25-,30+,31+,32+,33+,34+,35+,36+,37+,41+/m1/s1. The van der Waals surface area contributed by atoms with Crippen LogP contribution in [-0.2, 0) is 70.4 Å². The Morgan fingerprint density at radius 1 is 0.582 bits per heavy atom. The zero-order valence-electron chi connectivity index (χ0n) is 43.8. The van der Waals surface area contributed by atoms with Crippen LogP contribution in [0.5, 0.6) is 11.5 Å². The fourth-order valence-corrected chi connectivity index (χ4v) is 8.22. The molecule has 3 rings (SSSR count). The summed E-state index contributed by atoms with van der Waals surface area (Å²) in [5.74, 6) is -13.0. The summed E-state index contributed by atoms with van der Waals surface area (Å²) in [5.41, 5.74) is 22.5. The molecule has 0 bridgehead atoms. The lowest BCUT2D eigenvalue weighted by atomic mass is 10.0. The van der Waals surface area contributed by atoms with Gasteiger partial charge in [-0.15, -0.1) is 0 Å². The summed E-state index contributed by atoms with van der Waals surface area (Å²) < 4.78 is 0. The highest BCUT2D eigenvalue weighted by Gasteiger charge is 2.41. The number of aliphatic carboxylic acids is 1. The lowest BCUT2D eigenvalue weighted by Gasteiger charge is -2.31. The van der Waals surface area contributed by atoms with Crippen LogP contribution in [-0.4, -0.2) is 175 Å². The maximum atomic E-state index is 14.6. The van der Waals surface area contributed by atoms with E-state index in [1.807, 2.05) is 0 Å². The first-order valence-electron chi connectivity index (χ1n) is 25.2. The van der Waals surface area contributed by atoms with Crippen LogP contribution in [0, 0.1) is 5.92 Å². The Balaban J connectivity index is 1.92. The molecule has 29 nitrogen and oxygen atoms in total. The molecule has 0 aromatic heterocycles. The number of nitrogens with two attached hydrogens (primary N) is 4. The molecule has 1 heterocycles. The lowest BCUT2D eigenvalue weighted by Crippen LogP contribution is -2.61. The number of hydrogen-bond donors (Lipinski definition) is 16. The molecule has 1 saturated heterocycles. The third kappa shape index (κ3) is 21.5. The minimum Gasteiger partial charge on any atom is -0.508 e. The maximum Gasteiger partial charge on any atom is 0.328 e. The number of aliphatic hydroxyl groups is 2. The highest BCUT2D eigenvalue weighted by Crippen LogP contribution is 2.22. The topological polar surface area (TPSA) is 498 Å². The molecule has 29 heteroatoms. The molecule has 0 saturated carbocycles.